The van der Waals surface area contributed by atoms with Gasteiger partial charge in [0, 0.05) is 38.2 Å². The average Bonchev–Trinajstić information content (AvgIpc) is 3.22. The summed E-state index contributed by atoms with van der Waals surface area (Å²) in [6.07, 6.45) is 3.59. The number of benzene rings is 1. The quantitative estimate of drug-likeness (QED) is 0.332. The van der Waals surface area contributed by atoms with E-state index in [4.69, 9.17) is 9.47 Å². The summed E-state index contributed by atoms with van der Waals surface area (Å²) in [6.45, 7) is 8.55. The van der Waals surface area contributed by atoms with E-state index in [1.807, 2.05) is 7.05 Å². The lowest BCUT2D eigenvalue weighted by Gasteiger charge is -2.29. The Hall–Kier alpha value is -1.06. The van der Waals surface area contributed by atoms with Gasteiger partial charge in [0.05, 0.1) is 13.2 Å². The molecule has 6 nitrogen and oxygen atoms in total. The van der Waals surface area contributed by atoms with E-state index < -0.39 is 0 Å². The van der Waals surface area contributed by atoms with Crippen molar-refractivity contribution in [2.45, 2.75) is 32.7 Å². The van der Waals surface area contributed by atoms with Gasteiger partial charge in [0.15, 0.2) is 5.96 Å². The van der Waals surface area contributed by atoms with Gasteiger partial charge in [-0.2, -0.15) is 0 Å². The fourth-order valence-electron chi connectivity index (χ4n) is 3.77. The number of rotatable bonds is 7. The Morgan fingerprint density at radius 3 is 2.69 bits per heavy atom. The summed E-state index contributed by atoms with van der Waals surface area (Å²) < 4.78 is 11.6. The zero-order valence-electron chi connectivity index (χ0n) is 18.1. The van der Waals surface area contributed by atoms with Gasteiger partial charge in [0.1, 0.15) is 5.75 Å². The van der Waals surface area contributed by atoms with E-state index in [9.17, 15) is 0 Å². The highest BCUT2D eigenvalue weighted by atomic mass is 127. The van der Waals surface area contributed by atoms with Crippen LogP contribution >= 0.6 is 24.0 Å². The first kappa shape index (κ1) is 24.2. The minimum absolute atomic E-state index is 0. The molecular weight excluding hydrogens is 479 g/mol. The Bertz CT molecular complexity index is 642. The Labute approximate surface area is 192 Å². The van der Waals surface area contributed by atoms with Crippen LogP contribution in [-0.2, 0) is 11.3 Å². The Morgan fingerprint density at radius 2 is 2.00 bits per heavy atom. The molecule has 0 spiro atoms. The minimum atomic E-state index is 0. The van der Waals surface area contributed by atoms with E-state index in [0.717, 1.165) is 56.0 Å². The van der Waals surface area contributed by atoms with Crippen LogP contribution in [0.1, 0.15) is 30.4 Å². The van der Waals surface area contributed by atoms with Gasteiger partial charge >= 0.3 is 0 Å². The summed E-state index contributed by atoms with van der Waals surface area (Å²) in [5, 5.41) is 6.94. The zero-order valence-corrected chi connectivity index (χ0v) is 20.4. The molecule has 0 saturated carbocycles. The van der Waals surface area contributed by atoms with Gasteiger partial charge in [-0.25, -0.2) is 0 Å². The van der Waals surface area contributed by atoms with E-state index in [-0.39, 0.29) is 24.0 Å². The van der Waals surface area contributed by atoms with Crippen LogP contribution in [0.15, 0.2) is 23.2 Å². The van der Waals surface area contributed by atoms with Crippen molar-refractivity contribution in [3.63, 3.8) is 0 Å². The average molecular weight is 516 g/mol. The molecule has 0 aliphatic carbocycles. The molecule has 0 amide bonds. The maximum absolute atomic E-state index is 6.15. The van der Waals surface area contributed by atoms with Crippen LogP contribution in [0, 0.1) is 18.8 Å². The number of nitrogens with one attached hydrogen (secondary N) is 2. The molecule has 2 N–H and O–H groups in total. The number of guanidine groups is 1. The molecule has 2 aliphatic heterocycles. The lowest BCUT2D eigenvalue weighted by atomic mass is 9.97. The van der Waals surface area contributed by atoms with Crippen molar-refractivity contribution in [1.29, 1.82) is 0 Å². The van der Waals surface area contributed by atoms with Crippen molar-refractivity contribution in [3.05, 3.63) is 29.3 Å². The predicted molar refractivity (Wildman–Crippen MR) is 129 cm³/mol. The molecule has 3 rings (SSSR count). The second-order valence-corrected chi connectivity index (χ2v) is 8.21. The van der Waals surface area contributed by atoms with E-state index >= 15 is 0 Å². The van der Waals surface area contributed by atoms with Crippen LogP contribution in [0.4, 0.5) is 0 Å². The summed E-state index contributed by atoms with van der Waals surface area (Å²) in [5.41, 5.74) is 2.37. The molecule has 0 radical (unpaired) electrons. The van der Waals surface area contributed by atoms with Crippen molar-refractivity contribution >= 4 is 29.9 Å². The van der Waals surface area contributed by atoms with Crippen molar-refractivity contribution in [2.75, 3.05) is 53.6 Å². The van der Waals surface area contributed by atoms with E-state index in [0.29, 0.717) is 12.5 Å². The Balaban J connectivity index is 0.00000300. The number of piperidine rings is 1. The van der Waals surface area contributed by atoms with Crippen LogP contribution in [0.5, 0.6) is 5.75 Å². The Morgan fingerprint density at radius 1 is 1.21 bits per heavy atom. The van der Waals surface area contributed by atoms with Crippen LogP contribution in [-0.4, -0.2) is 64.4 Å². The molecule has 2 heterocycles. The highest BCUT2D eigenvalue weighted by Gasteiger charge is 2.18. The molecule has 0 bridgehead atoms. The number of nitrogens with zero attached hydrogens (tertiary/aromatic N) is 2. The normalized spacial score (nSPS) is 20.9. The van der Waals surface area contributed by atoms with Gasteiger partial charge in [-0.1, -0.05) is 12.1 Å². The lowest BCUT2D eigenvalue weighted by molar-refractivity contribution is 0.166. The van der Waals surface area contributed by atoms with Crippen molar-refractivity contribution in [3.8, 4) is 5.75 Å². The molecular formula is C22H37IN4O2. The molecule has 2 saturated heterocycles. The van der Waals surface area contributed by atoms with Crippen LogP contribution in [0.3, 0.4) is 0 Å². The monoisotopic (exact) mass is 516 g/mol. The second kappa shape index (κ2) is 12.6. The standard InChI is InChI=1S/C22H36N4O2.HI/c1-17-4-5-20(21(12-17)28-16-19-8-11-27-15-19)14-25-22(23-2)24-13-18-6-9-26(3)10-7-18;/h4-5,12,18-19H,6-11,13-16H2,1-3H3,(H2,23,24,25);1H. The maximum Gasteiger partial charge on any atom is 0.191 e. The fraction of sp³-hybridized carbons (Fsp3) is 0.682. The molecule has 2 aliphatic rings. The third-order valence-corrected chi connectivity index (χ3v) is 5.79. The third-order valence-electron chi connectivity index (χ3n) is 5.79. The van der Waals surface area contributed by atoms with Gasteiger partial charge < -0.3 is 25.0 Å². The number of hydrogen-bond acceptors (Lipinski definition) is 4. The van der Waals surface area contributed by atoms with Crippen LogP contribution < -0.4 is 15.4 Å². The zero-order chi connectivity index (χ0) is 19.8. The van der Waals surface area contributed by atoms with E-state index in [1.165, 1.54) is 31.5 Å². The first-order valence-electron chi connectivity index (χ1n) is 10.6. The third kappa shape index (κ3) is 7.94. The SMILES string of the molecule is CN=C(NCc1ccc(C)cc1OCC1CCOC1)NCC1CCN(C)CC1.I. The Kier molecular flexibility index (Phi) is 10.5. The number of likely N-dealkylation sites (tertiary alicyclic amines) is 1. The first-order chi connectivity index (χ1) is 13.6. The number of hydrogen-bond donors (Lipinski definition) is 2. The van der Waals surface area contributed by atoms with Gasteiger partial charge in [-0.05, 0) is 63.9 Å². The van der Waals surface area contributed by atoms with E-state index in [1.54, 1.807) is 0 Å². The molecule has 7 heteroatoms. The van der Waals surface area contributed by atoms with Crippen molar-refractivity contribution in [1.82, 2.24) is 15.5 Å². The summed E-state index contributed by atoms with van der Waals surface area (Å²) in [5.74, 6) is 3.05. The van der Waals surface area contributed by atoms with E-state index in [2.05, 4.69) is 52.7 Å². The van der Waals surface area contributed by atoms with Crippen molar-refractivity contribution in [2.24, 2.45) is 16.8 Å². The van der Waals surface area contributed by atoms with Crippen LogP contribution in [0.25, 0.3) is 0 Å². The summed E-state index contributed by atoms with van der Waals surface area (Å²) in [6, 6.07) is 6.41. The van der Waals surface area contributed by atoms with Gasteiger partial charge in [0.25, 0.3) is 0 Å². The molecule has 164 valence electrons. The summed E-state index contributed by atoms with van der Waals surface area (Å²) in [7, 11) is 4.03. The number of aryl methyl sites for hydroxylation is 1. The maximum atomic E-state index is 6.15. The molecule has 2 fully saturated rings. The molecule has 1 unspecified atom stereocenters. The number of ether oxygens (including phenoxy) is 2. The molecule has 1 aromatic carbocycles. The first-order valence-corrected chi connectivity index (χ1v) is 10.6. The lowest BCUT2D eigenvalue weighted by Crippen LogP contribution is -2.42. The topological polar surface area (TPSA) is 58.1 Å². The smallest absolute Gasteiger partial charge is 0.191 e. The highest BCUT2D eigenvalue weighted by molar-refractivity contribution is 14.0. The van der Waals surface area contributed by atoms with Gasteiger partial charge in [-0.3, -0.25) is 4.99 Å². The van der Waals surface area contributed by atoms with Gasteiger partial charge in [0.2, 0.25) is 0 Å². The summed E-state index contributed by atoms with van der Waals surface area (Å²) >= 11 is 0. The largest absolute Gasteiger partial charge is 0.493 e. The summed E-state index contributed by atoms with van der Waals surface area (Å²) in [4.78, 5) is 6.79. The van der Waals surface area contributed by atoms with Gasteiger partial charge in [-0.15, -0.1) is 24.0 Å². The number of halogens is 1. The number of aliphatic imine (C=N–C) groups is 1. The highest BCUT2D eigenvalue weighted by Crippen LogP contribution is 2.22. The fourth-order valence-corrected chi connectivity index (χ4v) is 3.77. The molecule has 29 heavy (non-hydrogen) atoms. The molecule has 1 aromatic rings. The van der Waals surface area contributed by atoms with Crippen molar-refractivity contribution < 1.29 is 9.47 Å². The second-order valence-electron chi connectivity index (χ2n) is 8.21. The van der Waals surface area contributed by atoms with Crippen LogP contribution in [0.2, 0.25) is 0 Å². The minimum Gasteiger partial charge on any atom is -0.493 e. The predicted octanol–water partition coefficient (Wildman–Crippen LogP) is 3.04. The molecule has 1 atom stereocenters. The molecule has 0 aromatic heterocycles.